The van der Waals surface area contributed by atoms with Gasteiger partial charge in [-0.2, -0.15) is 0 Å². The highest BCUT2D eigenvalue weighted by atomic mass is 16.6. The first-order chi connectivity index (χ1) is 6.86. The minimum Gasteiger partial charge on any atom is -0.497 e. The molecule has 0 aliphatic carbocycles. The van der Waals surface area contributed by atoms with E-state index < -0.39 is 0 Å². The van der Waals surface area contributed by atoms with Gasteiger partial charge < -0.3 is 9.57 Å². The Morgan fingerprint density at radius 3 is 2.50 bits per heavy atom. The molecule has 1 aromatic rings. The van der Waals surface area contributed by atoms with Gasteiger partial charge in [0.2, 0.25) is 0 Å². The van der Waals surface area contributed by atoms with E-state index in [-0.39, 0.29) is 0 Å². The van der Waals surface area contributed by atoms with Crippen molar-refractivity contribution in [3.63, 3.8) is 0 Å². The lowest BCUT2D eigenvalue weighted by Gasteiger charge is -2.04. The lowest BCUT2D eigenvalue weighted by Crippen LogP contribution is -2.17. The molecule has 0 spiro atoms. The summed E-state index contributed by atoms with van der Waals surface area (Å²) in [6, 6.07) is 8.06. The Morgan fingerprint density at radius 1 is 1.21 bits per heavy atom. The Bertz CT molecular complexity index is 246. The molecule has 0 fully saturated rings. The van der Waals surface area contributed by atoms with E-state index in [1.54, 1.807) is 7.11 Å². The average molecular weight is 195 g/mol. The van der Waals surface area contributed by atoms with Crippen LogP contribution in [0.3, 0.4) is 0 Å². The third kappa shape index (κ3) is 3.77. The highest BCUT2D eigenvalue weighted by Crippen LogP contribution is 2.11. The fourth-order valence-corrected chi connectivity index (χ4v) is 1.16. The van der Waals surface area contributed by atoms with Crippen molar-refractivity contribution in [1.29, 1.82) is 0 Å². The Balaban J connectivity index is 2.29. The van der Waals surface area contributed by atoms with Crippen LogP contribution in [0.1, 0.15) is 12.5 Å². The van der Waals surface area contributed by atoms with Crippen LogP contribution < -0.4 is 10.2 Å². The van der Waals surface area contributed by atoms with Gasteiger partial charge in [-0.3, -0.25) is 0 Å². The van der Waals surface area contributed by atoms with Gasteiger partial charge in [-0.25, -0.2) is 5.48 Å². The minimum atomic E-state index is 0.697. The summed E-state index contributed by atoms with van der Waals surface area (Å²) in [5, 5.41) is 0. The first-order valence-electron chi connectivity index (χ1n) is 4.84. The molecule has 0 aromatic heterocycles. The van der Waals surface area contributed by atoms with Crippen molar-refractivity contribution in [2.75, 3.05) is 20.3 Å². The van der Waals surface area contributed by atoms with Gasteiger partial charge >= 0.3 is 0 Å². The summed E-state index contributed by atoms with van der Waals surface area (Å²) in [4.78, 5) is 5.03. The van der Waals surface area contributed by atoms with Crippen LogP contribution in [0, 0.1) is 0 Å². The van der Waals surface area contributed by atoms with Crippen molar-refractivity contribution in [1.82, 2.24) is 5.48 Å². The molecule has 0 bridgehead atoms. The number of hydroxylamine groups is 1. The lowest BCUT2D eigenvalue weighted by molar-refractivity contribution is 0.0519. The Hall–Kier alpha value is -1.06. The van der Waals surface area contributed by atoms with E-state index in [4.69, 9.17) is 9.57 Å². The Labute approximate surface area is 85.0 Å². The number of benzene rings is 1. The summed E-state index contributed by atoms with van der Waals surface area (Å²) in [6.45, 7) is 3.49. The molecule has 0 unspecified atom stereocenters. The van der Waals surface area contributed by atoms with Crippen LogP contribution in [0.5, 0.6) is 5.75 Å². The van der Waals surface area contributed by atoms with Crippen molar-refractivity contribution in [2.24, 2.45) is 0 Å². The highest BCUT2D eigenvalue weighted by Gasteiger charge is 1.93. The maximum atomic E-state index is 5.07. The molecule has 1 aromatic carbocycles. The number of methoxy groups -OCH3 is 1. The number of rotatable bonds is 6. The molecule has 3 nitrogen and oxygen atoms in total. The summed E-state index contributed by atoms with van der Waals surface area (Å²) >= 11 is 0. The second-order valence-corrected chi connectivity index (χ2v) is 2.93. The molecule has 0 aliphatic heterocycles. The van der Waals surface area contributed by atoms with Gasteiger partial charge in [0.05, 0.1) is 13.7 Å². The fraction of sp³-hybridized carbons (Fsp3) is 0.455. The Kier molecular flexibility index (Phi) is 5.04. The molecule has 14 heavy (non-hydrogen) atoms. The van der Waals surface area contributed by atoms with Gasteiger partial charge in [-0.15, -0.1) is 0 Å². The van der Waals surface area contributed by atoms with Crippen LogP contribution in [0.25, 0.3) is 0 Å². The molecule has 1 rings (SSSR count). The van der Waals surface area contributed by atoms with Crippen LogP contribution in [0.2, 0.25) is 0 Å². The van der Waals surface area contributed by atoms with E-state index in [9.17, 15) is 0 Å². The molecule has 0 atom stereocenters. The first-order valence-corrected chi connectivity index (χ1v) is 4.84. The van der Waals surface area contributed by atoms with Crippen LogP contribution in [-0.2, 0) is 11.3 Å². The largest absolute Gasteiger partial charge is 0.497 e. The Morgan fingerprint density at radius 2 is 1.93 bits per heavy atom. The number of hydrogen-bond donors (Lipinski definition) is 1. The van der Waals surface area contributed by atoms with Gasteiger partial charge in [0, 0.05) is 6.54 Å². The van der Waals surface area contributed by atoms with Crippen molar-refractivity contribution in [3.05, 3.63) is 29.8 Å². The van der Waals surface area contributed by atoms with Crippen LogP contribution in [-0.4, -0.2) is 20.3 Å². The van der Waals surface area contributed by atoms with Gasteiger partial charge in [-0.1, -0.05) is 12.1 Å². The molecule has 0 saturated heterocycles. The van der Waals surface area contributed by atoms with Gasteiger partial charge in [-0.05, 0) is 31.0 Å². The topological polar surface area (TPSA) is 30.5 Å². The predicted octanol–water partition coefficient (Wildman–Crippen LogP) is 1.78. The second-order valence-electron chi connectivity index (χ2n) is 2.93. The van der Waals surface area contributed by atoms with Gasteiger partial charge in [0.1, 0.15) is 5.75 Å². The maximum Gasteiger partial charge on any atom is 0.118 e. The van der Waals surface area contributed by atoms with E-state index in [1.165, 1.54) is 5.56 Å². The summed E-state index contributed by atoms with van der Waals surface area (Å²) in [5.41, 5.74) is 4.16. The smallest absolute Gasteiger partial charge is 0.118 e. The SMILES string of the molecule is CCONCCc1ccc(OC)cc1. The van der Waals surface area contributed by atoms with E-state index in [0.29, 0.717) is 6.61 Å². The lowest BCUT2D eigenvalue weighted by atomic mass is 10.1. The maximum absolute atomic E-state index is 5.07. The van der Waals surface area contributed by atoms with Gasteiger partial charge in [0.25, 0.3) is 0 Å². The number of nitrogens with one attached hydrogen (secondary N) is 1. The third-order valence-corrected chi connectivity index (χ3v) is 1.92. The first kappa shape index (κ1) is 11.0. The second kappa shape index (κ2) is 6.40. The zero-order valence-corrected chi connectivity index (χ0v) is 8.75. The van der Waals surface area contributed by atoms with Crippen molar-refractivity contribution in [3.8, 4) is 5.75 Å². The summed E-state index contributed by atoms with van der Waals surface area (Å²) in [6.07, 6.45) is 0.962. The molecule has 78 valence electrons. The normalized spacial score (nSPS) is 10.1. The molecular weight excluding hydrogens is 178 g/mol. The summed E-state index contributed by atoms with van der Waals surface area (Å²) in [7, 11) is 1.67. The zero-order valence-electron chi connectivity index (χ0n) is 8.75. The van der Waals surface area contributed by atoms with Crippen molar-refractivity contribution < 1.29 is 9.57 Å². The molecule has 0 aliphatic rings. The van der Waals surface area contributed by atoms with Gasteiger partial charge in [0.15, 0.2) is 0 Å². The molecule has 1 N–H and O–H groups in total. The summed E-state index contributed by atoms with van der Waals surface area (Å²) in [5.74, 6) is 0.895. The summed E-state index contributed by atoms with van der Waals surface area (Å²) < 4.78 is 5.07. The number of hydrogen-bond acceptors (Lipinski definition) is 3. The standard InChI is InChI=1S/C11H17NO2/c1-3-14-12-9-8-10-4-6-11(13-2)7-5-10/h4-7,12H,3,8-9H2,1-2H3. The van der Waals surface area contributed by atoms with E-state index in [1.807, 2.05) is 19.1 Å². The molecule has 0 heterocycles. The van der Waals surface area contributed by atoms with Crippen molar-refractivity contribution in [2.45, 2.75) is 13.3 Å². The molecular formula is C11H17NO2. The van der Waals surface area contributed by atoms with E-state index in [2.05, 4.69) is 17.6 Å². The monoisotopic (exact) mass is 195 g/mol. The predicted molar refractivity (Wildman–Crippen MR) is 56.3 cm³/mol. The molecule has 0 amide bonds. The fourth-order valence-electron chi connectivity index (χ4n) is 1.16. The zero-order chi connectivity index (χ0) is 10.2. The van der Waals surface area contributed by atoms with Crippen LogP contribution in [0.15, 0.2) is 24.3 Å². The minimum absolute atomic E-state index is 0.697. The van der Waals surface area contributed by atoms with Crippen LogP contribution in [0.4, 0.5) is 0 Å². The highest BCUT2D eigenvalue weighted by molar-refractivity contribution is 5.27. The quantitative estimate of drug-likeness (QED) is 0.554. The molecule has 0 saturated carbocycles. The van der Waals surface area contributed by atoms with Crippen molar-refractivity contribution >= 4 is 0 Å². The van der Waals surface area contributed by atoms with Crippen LogP contribution >= 0.6 is 0 Å². The van der Waals surface area contributed by atoms with E-state index >= 15 is 0 Å². The average Bonchev–Trinajstić information content (AvgIpc) is 2.25. The number of ether oxygens (including phenoxy) is 1. The molecule has 3 heteroatoms. The third-order valence-electron chi connectivity index (χ3n) is 1.92. The molecule has 0 radical (unpaired) electrons. The van der Waals surface area contributed by atoms with E-state index in [0.717, 1.165) is 18.7 Å².